The number of anilines is 1. The van der Waals surface area contributed by atoms with Crippen molar-refractivity contribution in [2.24, 2.45) is 0 Å². The van der Waals surface area contributed by atoms with Gasteiger partial charge in [0.2, 0.25) is 0 Å². The first kappa shape index (κ1) is 13.2. The molecule has 0 bridgehead atoms. The summed E-state index contributed by atoms with van der Waals surface area (Å²) in [4.78, 5) is 15.3. The number of nitrogens with zero attached hydrogens (tertiary/aromatic N) is 3. The summed E-state index contributed by atoms with van der Waals surface area (Å²) in [5.41, 5.74) is 7.92. The SMILES string of the molecule is Nc1ccc2[nH]cc(C(=O)NCCCn3ccnn3)c2c1. The lowest BCUT2D eigenvalue weighted by molar-refractivity contribution is 0.0954. The van der Waals surface area contributed by atoms with Crippen molar-refractivity contribution in [3.8, 4) is 0 Å². The van der Waals surface area contributed by atoms with E-state index in [9.17, 15) is 4.79 Å². The lowest BCUT2D eigenvalue weighted by Gasteiger charge is -2.04. The number of carbonyl (C=O) groups is 1. The van der Waals surface area contributed by atoms with Gasteiger partial charge < -0.3 is 16.0 Å². The Morgan fingerprint density at radius 3 is 3.14 bits per heavy atom. The molecule has 2 aromatic heterocycles. The van der Waals surface area contributed by atoms with E-state index < -0.39 is 0 Å². The van der Waals surface area contributed by atoms with Crippen molar-refractivity contribution < 1.29 is 4.79 Å². The Kier molecular flexibility index (Phi) is 3.55. The highest BCUT2D eigenvalue weighted by Crippen LogP contribution is 2.20. The highest BCUT2D eigenvalue weighted by atomic mass is 16.1. The standard InChI is InChI=1S/C14H16N6O/c15-10-2-3-13-11(8-10)12(9-17-13)14(21)16-4-1-6-20-7-5-18-19-20/h2-3,5,7-9,17H,1,4,6,15H2,(H,16,21). The minimum Gasteiger partial charge on any atom is -0.399 e. The number of H-pyrrole nitrogens is 1. The maximum atomic E-state index is 12.2. The van der Waals surface area contributed by atoms with Gasteiger partial charge in [0.1, 0.15) is 0 Å². The van der Waals surface area contributed by atoms with Gasteiger partial charge in [-0.05, 0) is 24.6 Å². The molecule has 0 radical (unpaired) electrons. The molecule has 1 amide bonds. The van der Waals surface area contributed by atoms with Crippen LogP contribution in [0.25, 0.3) is 10.9 Å². The maximum Gasteiger partial charge on any atom is 0.253 e. The summed E-state index contributed by atoms with van der Waals surface area (Å²) >= 11 is 0. The zero-order valence-corrected chi connectivity index (χ0v) is 11.4. The van der Waals surface area contributed by atoms with E-state index in [-0.39, 0.29) is 5.91 Å². The molecule has 3 rings (SSSR count). The number of nitrogens with two attached hydrogens (primary N) is 1. The van der Waals surface area contributed by atoms with Crippen molar-refractivity contribution in [2.45, 2.75) is 13.0 Å². The molecular weight excluding hydrogens is 268 g/mol. The minimum absolute atomic E-state index is 0.106. The molecule has 0 atom stereocenters. The Morgan fingerprint density at radius 1 is 1.43 bits per heavy atom. The van der Waals surface area contributed by atoms with Crippen molar-refractivity contribution in [1.82, 2.24) is 25.3 Å². The summed E-state index contributed by atoms with van der Waals surface area (Å²) < 4.78 is 1.73. The fourth-order valence-electron chi connectivity index (χ4n) is 2.22. The molecule has 2 heterocycles. The first-order chi connectivity index (χ1) is 10.2. The second-order valence-electron chi connectivity index (χ2n) is 4.78. The number of aromatic nitrogens is 4. The maximum absolute atomic E-state index is 12.2. The van der Waals surface area contributed by atoms with Gasteiger partial charge >= 0.3 is 0 Å². The third-order valence-corrected chi connectivity index (χ3v) is 3.27. The summed E-state index contributed by atoms with van der Waals surface area (Å²) in [6.07, 6.45) is 5.93. The number of carbonyl (C=O) groups excluding carboxylic acids is 1. The van der Waals surface area contributed by atoms with Crippen molar-refractivity contribution in [3.05, 3.63) is 42.4 Å². The summed E-state index contributed by atoms with van der Waals surface area (Å²) in [7, 11) is 0. The predicted octanol–water partition coefficient (Wildman–Crippen LogP) is 1.16. The molecule has 7 nitrogen and oxygen atoms in total. The second-order valence-corrected chi connectivity index (χ2v) is 4.78. The average molecular weight is 284 g/mol. The number of hydrogen-bond acceptors (Lipinski definition) is 4. The quantitative estimate of drug-likeness (QED) is 0.483. The van der Waals surface area contributed by atoms with Gasteiger partial charge in [-0.3, -0.25) is 9.48 Å². The molecule has 0 saturated heterocycles. The number of nitrogen functional groups attached to an aromatic ring is 1. The largest absolute Gasteiger partial charge is 0.399 e. The lowest BCUT2D eigenvalue weighted by Crippen LogP contribution is -2.25. The molecule has 0 aliphatic carbocycles. The Balaban J connectivity index is 1.60. The third kappa shape index (κ3) is 2.86. The molecule has 0 spiro atoms. The number of rotatable bonds is 5. The van der Waals surface area contributed by atoms with Crippen molar-refractivity contribution >= 4 is 22.5 Å². The van der Waals surface area contributed by atoms with Crippen molar-refractivity contribution in [3.63, 3.8) is 0 Å². The van der Waals surface area contributed by atoms with E-state index in [1.807, 2.05) is 6.07 Å². The molecule has 0 aliphatic rings. The highest BCUT2D eigenvalue weighted by molar-refractivity contribution is 6.07. The van der Waals surface area contributed by atoms with Crippen LogP contribution in [0.3, 0.4) is 0 Å². The zero-order chi connectivity index (χ0) is 14.7. The smallest absolute Gasteiger partial charge is 0.253 e. The molecule has 0 aliphatic heterocycles. The molecule has 108 valence electrons. The van der Waals surface area contributed by atoms with E-state index in [0.29, 0.717) is 17.8 Å². The van der Waals surface area contributed by atoms with E-state index >= 15 is 0 Å². The normalized spacial score (nSPS) is 10.9. The molecule has 3 aromatic rings. The summed E-state index contributed by atoms with van der Waals surface area (Å²) in [6.45, 7) is 1.30. The van der Waals surface area contributed by atoms with Crippen LogP contribution in [0.2, 0.25) is 0 Å². The van der Waals surface area contributed by atoms with E-state index in [2.05, 4.69) is 20.6 Å². The molecular formula is C14H16N6O. The van der Waals surface area contributed by atoms with E-state index in [1.54, 1.807) is 35.4 Å². The topological polar surface area (TPSA) is 102 Å². The number of benzene rings is 1. The Labute approximate surface area is 121 Å². The summed E-state index contributed by atoms with van der Waals surface area (Å²) in [5.74, 6) is -0.106. The molecule has 0 saturated carbocycles. The van der Waals surface area contributed by atoms with Gasteiger partial charge in [-0.25, -0.2) is 0 Å². The number of aromatic amines is 1. The van der Waals surface area contributed by atoms with Crippen LogP contribution < -0.4 is 11.1 Å². The monoisotopic (exact) mass is 284 g/mol. The van der Waals surface area contributed by atoms with E-state index in [1.165, 1.54) is 0 Å². The lowest BCUT2D eigenvalue weighted by atomic mass is 10.1. The van der Waals surface area contributed by atoms with Gasteiger partial charge in [0, 0.05) is 42.1 Å². The Bertz CT molecular complexity index is 746. The number of aryl methyl sites for hydroxylation is 1. The third-order valence-electron chi connectivity index (χ3n) is 3.27. The van der Waals surface area contributed by atoms with Crippen molar-refractivity contribution in [2.75, 3.05) is 12.3 Å². The summed E-state index contributed by atoms with van der Waals surface area (Å²) in [5, 5.41) is 11.3. The number of nitrogens with one attached hydrogen (secondary N) is 2. The molecule has 1 aromatic carbocycles. The van der Waals surface area contributed by atoms with Crippen LogP contribution in [0.15, 0.2) is 36.8 Å². The van der Waals surface area contributed by atoms with Crippen LogP contribution in [0.4, 0.5) is 5.69 Å². The minimum atomic E-state index is -0.106. The van der Waals surface area contributed by atoms with Crippen LogP contribution in [-0.4, -0.2) is 32.4 Å². The first-order valence-corrected chi connectivity index (χ1v) is 6.73. The predicted molar refractivity (Wildman–Crippen MR) is 79.7 cm³/mol. The Morgan fingerprint density at radius 2 is 2.33 bits per heavy atom. The first-order valence-electron chi connectivity index (χ1n) is 6.73. The van der Waals surface area contributed by atoms with E-state index in [4.69, 9.17) is 5.73 Å². The van der Waals surface area contributed by atoms with Crippen LogP contribution in [0.1, 0.15) is 16.8 Å². The van der Waals surface area contributed by atoms with Gasteiger partial charge in [0.15, 0.2) is 0 Å². The average Bonchev–Trinajstić information content (AvgIpc) is 3.12. The number of amides is 1. The molecule has 21 heavy (non-hydrogen) atoms. The number of hydrogen-bond donors (Lipinski definition) is 3. The van der Waals surface area contributed by atoms with Crippen LogP contribution in [0.5, 0.6) is 0 Å². The van der Waals surface area contributed by atoms with Crippen LogP contribution in [0, 0.1) is 0 Å². The van der Waals surface area contributed by atoms with Crippen LogP contribution >= 0.6 is 0 Å². The fourth-order valence-corrected chi connectivity index (χ4v) is 2.22. The highest BCUT2D eigenvalue weighted by Gasteiger charge is 2.11. The fraction of sp³-hybridized carbons (Fsp3) is 0.214. The second kappa shape index (κ2) is 5.66. The van der Waals surface area contributed by atoms with Gasteiger partial charge in [0.05, 0.1) is 11.8 Å². The molecule has 0 fully saturated rings. The zero-order valence-electron chi connectivity index (χ0n) is 11.4. The van der Waals surface area contributed by atoms with E-state index in [0.717, 1.165) is 23.9 Å². The van der Waals surface area contributed by atoms with Gasteiger partial charge in [0.25, 0.3) is 5.91 Å². The molecule has 7 heteroatoms. The Hall–Kier alpha value is -2.83. The summed E-state index contributed by atoms with van der Waals surface area (Å²) in [6, 6.07) is 5.47. The van der Waals surface area contributed by atoms with Gasteiger partial charge in [-0.2, -0.15) is 0 Å². The number of fused-ring (bicyclic) bond motifs is 1. The molecule has 4 N–H and O–H groups in total. The van der Waals surface area contributed by atoms with Gasteiger partial charge in [-0.1, -0.05) is 5.21 Å². The van der Waals surface area contributed by atoms with Crippen molar-refractivity contribution in [1.29, 1.82) is 0 Å². The van der Waals surface area contributed by atoms with Gasteiger partial charge in [-0.15, -0.1) is 5.10 Å². The van der Waals surface area contributed by atoms with Crippen LogP contribution in [-0.2, 0) is 6.54 Å². The molecule has 0 unspecified atom stereocenters.